The number of nitrogens with two attached hydrogens (primary N) is 1. The highest BCUT2D eigenvalue weighted by Gasteiger charge is 2.26. The first-order valence-electron chi connectivity index (χ1n) is 8.55. The van der Waals surface area contributed by atoms with Gasteiger partial charge in [-0.3, -0.25) is 0 Å². The summed E-state index contributed by atoms with van der Waals surface area (Å²) in [6.07, 6.45) is 2.19. The van der Waals surface area contributed by atoms with E-state index in [9.17, 15) is 0 Å². The van der Waals surface area contributed by atoms with Crippen LogP contribution in [-0.4, -0.2) is 42.7 Å². The zero-order valence-corrected chi connectivity index (χ0v) is 14.2. The van der Waals surface area contributed by atoms with Crippen molar-refractivity contribution in [3.63, 3.8) is 0 Å². The van der Waals surface area contributed by atoms with E-state index in [4.69, 9.17) is 5.73 Å². The molecule has 0 bridgehead atoms. The zero-order chi connectivity index (χ0) is 16.8. The van der Waals surface area contributed by atoms with Gasteiger partial charge in [0.2, 0.25) is 5.95 Å². The molecule has 1 aliphatic rings. The number of benzene rings is 1. The van der Waals surface area contributed by atoms with Gasteiger partial charge in [-0.25, -0.2) is 4.98 Å². The maximum Gasteiger partial charge on any atom is 0.222 e. The molecule has 0 spiro atoms. The minimum absolute atomic E-state index is 0.349. The van der Waals surface area contributed by atoms with Crippen LogP contribution in [0.15, 0.2) is 36.4 Å². The first-order valence-corrected chi connectivity index (χ1v) is 8.55. The molecule has 1 saturated heterocycles. The minimum Gasteiger partial charge on any atom is -0.368 e. The third-order valence-corrected chi connectivity index (χ3v) is 4.36. The monoisotopic (exact) mass is 326 g/mol. The second kappa shape index (κ2) is 8.08. The van der Waals surface area contributed by atoms with E-state index in [0.29, 0.717) is 12.0 Å². The highest BCUT2D eigenvalue weighted by molar-refractivity contribution is 5.46. The number of aryl methyl sites for hydroxylation is 1. The van der Waals surface area contributed by atoms with Crippen LogP contribution in [0.3, 0.4) is 0 Å². The molecular weight excluding hydrogens is 300 g/mol. The number of anilines is 2. The second-order valence-electron chi connectivity index (χ2n) is 6.23. The Kier molecular flexibility index (Phi) is 5.61. The van der Waals surface area contributed by atoms with Crippen molar-refractivity contribution in [1.29, 1.82) is 0 Å². The molecule has 0 aliphatic carbocycles. The number of hydrogen-bond donors (Lipinski definition) is 3. The number of hydrogen-bond acceptors (Lipinski definition) is 6. The Hall–Kier alpha value is -2.18. The number of aromatic nitrogens is 2. The average molecular weight is 326 g/mol. The van der Waals surface area contributed by atoms with Crippen LogP contribution in [0.4, 0.5) is 11.8 Å². The largest absolute Gasteiger partial charge is 0.368 e. The third kappa shape index (κ3) is 4.43. The molecule has 0 atom stereocenters. The average Bonchev–Trinajstić information content (AvgIpc) is 2.54. The smallest absolute Gasteiger partial charge is 0.222 e. The number of rotatable bonds is 8. The van der Waals surface area contributed by atoms with Crippen molar-refractivity contribution in [2.45, 2.75) is 25.4 Å². The number of nitrogens with zero attached hydrogens (tertiary/aromatic N) is 3. The summed E-state index contributed by atoms with van der Waals surface area (Å²) in [5.74, 6) is 1.27. The first-order chi connectivity index (χ1) is 11.7. The van der Waals surface area contributed by atoms with Gasteiger partial charge in [0.25, 0.3) is 0 Å². The lowest BCUT2D eigenvalue weighted by atomic mass is 10.1. The predicted octanol–water partition coefficient (Wildman–Crippen LogP) is 1.19. The van der Waals surface area contributed by atoms with Crippen molar-refractivity contribution >= 4 is 11.8 Å². The van der Waals surface area contributed by atoms with Gasteiger partial charge < -0.3 is 21.3 Å². The van der Waals surface area contributed by atoms with Gasteiger partial charge in [0.15, 0.2) is 0 Å². The Labute approximate surface area is 143 Å². The molecule has 2 aromatic rings. The van der Waals surface area contributed by atoms with Crippen molar-refractivity contribution in [3.05, 3.63) is 47.7 Å². The fourth-order valence-electron chi connectivity index (χ4n) is 2.88. The molecule has 24 heavy (non-hydrogen) atoms. The van der Waals surface area contributed by atoms with E-state index >= 15 is 0 Å². The Morgan fingerprint density at radius 1 is 1.21 bits per heavy atom. The van der Waals surface area contributed by atoms with Crippen molar-refractivity contribution in [1.82, 2.24) is 20.6 Å². The van der Waals surface area contributed by atoms with Crippen LogP contribution in [0, 0.1) is 0 Å². The van der Waals surface area contributed by atoms with Gasteiger partial charge in [0.1, 0.15) is 5.82 Å². The lowest BCUT2D eigenvalue weighted by Gasteiger charge is -2.40. The second-order valence-corrected chi connectivity index (χ2v) is 6.23. The number of nitrogen functional groups attached to an aromatic ring is 1. The van der Waals surface area contributed by atoms with E-state index in [2.05, 4.69) is 55.8 Å². The van der Waals surface area contributed by atoms with Crippen LogP contribution in [0.1, 0.15) is 17.7 Å². The molecule has 1 aromatic heterocycles. The molecule has 0 radical (unpaired) electrons. The lowest BCUT2D eigenvalue weighted by molar-refractivity contribution is 0.447. The quantitative estimate of drug-likeness (QED) is 0.633. The van der Waals surface area contributed by atoms with E-state index in [1.165, 1.54) is 5.56 Å². The van der Waals surface area contributed by atoms with E-state index in [0.717, 1.165) is 50.5 Å². The van der Waals surface area contributed by atoms with Gasteiger partial charge in [0, 0.05) is 31.7 Å². The maximum absolute atomic E-state index is 5.86. The van der Waals surface area contributed by atoms with Crippen molar-refractivity contribution in [3.8, 4) is 0 Å². The van der Waals surface area contributed by atoms with Crippen molar-refractivity contribution in [2.24, 2.45) is 0 Å². The van der Waals surface area contributed by atoms with Gasteiger partial charge in [-0.2, -0.15) is 4.98 Å². The molecule has 6 nitrogen and oxygen atoms in total. The van der Waals surface area contributed by atoms with E-state index in [-0.39, 0.29) is 0 Å². The highest BCUT2D eigenvalue weighted by atomic mass is 15.3. The summed E-state index contributed by atoms with van der Waals surface area (Å²) >= 11 is 0. The summed E-state index contributed by atoms with van der Waals surface area (Å²) in [6, 6.07) is 13.1. The fourth-order valence-corrected chi connectivity index (χ4v) is 2.88. The van der Waals surface area contributed by atoms with E-state index < -0.39 is 0 Å². The molecular formula is C18H26N6. The summed E-state index contributed by atoms with van der Waals surface area (Å²) in [4.78, 5) is 10.9. The maximum atomic E-state index is 5.86. The Balaban J connectivity index is 1.44. The van der Waals surface area contributed by atoms with Crippen LogP contribution in [0.25, 0.3) is 0 Å². The van der Waals surface area contributed by atoms with E-state index in [1.807, 2.05) is 13.1 Å². The molecule has 6 heteroatoms. The number of likely N-dealkylation sites (N-methyl/N-ethyl adjacent to an activating group) is 1. The van der Waals surface area contributed by atoms with Gasteiger partial charge in [-0.05, 0) is 32.0 Å². The van der Waals surface area contributed by atoms with Crippen LogP contribution in [0.2, 0.25) is 0 Å². The molecule has 128 valence electrons. The minimum atomic E-state index is 0.349. The van der Waals surface area contributed by atoms with Gasteiger partial charge in [-0.1, -0.05) is 30.3 Å². The predicted molar refractivity (Wildman–Crippen MR) is 98.0 cm³/mol. The van der Waals surface area contributed by atoms with Crippen LogP contribution >= 0.6 is 0 Å². The Morgan fingerprint density at radius 2 is 2.00 bits per heavy atom. The van der Waals surface area contributed by atoms with Crippen molar-refractivity contribution in [2.75, 3.05) is 37.3 Å². The molecule has 2 heterocycles. The van der Waals surface area contributed by atoms with Crippen LogP contribution < -0.4 is 21.3 Å². The molecule has 1 aliphatic heterocycles. The normalized spacial score (nSPS) is 14.6. The molecule has 0 amide bonds. The molecule has 3 rings (SSSR count). The van der Waals surface area contributed by atoms with Gasteiger partial charge in [0.05, 0.1) is 5.69 Å². The summed E-state index contributed by atoms with van der Waals surface area (Å²) in [5, 5.41) is 6.71. The third-order valence-electron chi connectivity index (χ3n) is 4.36. The number of nitrogens with one attached hydrogen (secondary N) is 2. The fraction of sp³-hybridized carbons (Fsp3) is 0.444. The molecule has 1 fully saturated rings. The van der Waals surface area contributed by atoms with Crippen LogP contribution in [-0.2, 0) is 13.0 Å². The Bertz CT molecular complexity index is 639. The summed E-state index contributed by atoms with van der Waals surface area (Å²) in [7, 11) is 1.99. The van der Waals surface area contributed by atoms with Crippen molar-refractivity contribution < 1.29 is 0 Å². The molecule has 4 N–H and O–H groups in total. The van der Waals surface area contributed by atoms with Gasteiger partial charge >= 0.3 is 0 Å². The molecule has 0 saturated carbocycles. The topological polar surface area (TPSA) is 79.1 Å². The highest BCUT2D eigenvalue weighted by Crippen LogP contribution is 2.19. The standard InChI is InChI=1S/C18H26N6/c1-20-16-12-24(13-16)17-10-15(22-18(19)23-17)11-21-9-5-8-14-6-3-2-4-7-14/h2-4,6-7,10,16,20-21H,5,8-9,11-13H2,1H3,(H2,19,22,23). The summed E-state index contributed by atoms with van der Waals surface area (Å²) < 4.78 is 0. The SMILES string of the molecule is CNC1CN(c2cc(CNCCCc3ccccc3)nc(N)n2)C1. The Morgan fingerprint density at radius 3 is 2.75 bits per heavy atom. The van der Waals surface area contributed by atoms with Gasteiger partial charge in [-0.15, -0.1) is 0 Å². The molecule has 0 unspecified atom stereocenters. The lowest BCUT2D eigenvalue weighted by Crippen LogP contribution is -2.57. The molecule has 1 aromatic carbocycles. The summed E-state index contributed by atoms with van der Waals surface area (Å²) in [5.41, 5.74) is 8.19. The van der Waals surface area contributed by atoms with Crippen LogP contribution in [0.5, 0.6) is 0 Å². The zero-order valence-electron chi connectivity index (χ0n) is 14.2. The first kappa shape index (κ1) is 16.7. The van der Waals surface area contributed by atoms with E-state index in [1.54, 1.807) is 0 Å². The summed E-state index contributed by atoms with van der Waals surface area (Å²) in [6.45, 7) is 3.62.